The van der Waals surface area contributed by atoms with Gasteiger partial charge in [-0.25, -0.2) is 4.39 Å². The fourth-order valence-electron chi connectivity index (χ4n) is 1.81. The molecule has 0 aliphatic carbocycles. The van der Waals surface area contributed by atoms with Gasteiger partial charge in [0.25, 0.3) is 0 Å². The van der Waals surface area contributed by atoms with Crippen molar-refractivity contribution in [1.82, 2.24) is 0 Å². The van der Waals surface area contributed by atoms with Gasteiger partial charge in [0.1, 0.15) is 5.82 Å². The van der Waals surface area contributed by atoms with Gasteiger partial charge < -0.3 is 5.73 Å². The summed E-state index contributed by atoms with van der Waals surface area (Å²) in [4.78, 5) is 0. The van der Waals surface area contributed by atoms with E-state index >= 15 is 0 Å². The summed E-state index contributed by atoms with van der Waals surface area (Å²) in [5.41, 5.74) is 5.17. The lowest BCUT2D eigenvalue weighted by Crippen LogP contribution is -2.15. The first-order valence-corrected chi connectivity index (χ1v) is 6.04. The monoisotopic (exact) mass is 339 g/mol. The zero-order valence-electron chi connectivity index (χ0n) is 10.5. The Morgan fingerprint density at radius 3 is 2.10 bits per heavy atom. The molecule has 0 spiro atoms. The smallest absolute Gasteiger partial charge is 0.320 e. The van der Waals surface area contributed by atoms with Gasteiger partial charge in [-0.15, -0.1) is 12.4 Å². The Bertz CT molecular complexity index is 611. The molecular weight excluding hydrogens is 329 g/mol. The van der Waals surface area contributed by atoms with Crippen molar-refractivity contribution in [3.05, 3.63) is 70.0 Å². The van der Waals surface area contributed by atoms with E-state index in [4.69, 9.17) is 17.3 Å². The molecule has 0 fully saturated rings. The molecule has 21 heavy (non-hydrogen) atoms. The van der Waals surface area contributed by atoms with Crippen LogP contribution in [-0.4, -0.2) is 0 Å². The molecule has 0 amide bonds. The third-order valence-corrected chi connectivity index (χ3v) is 3.14. The summed E-state index contributed by atoms with van der Waals surface area (Å²) in [6.07, 6.45) is -4.54. The number of hydrogen-bond donors (Lipinski definition) is 1. The molecule has 7 heteroatoms. The van der Waals surface area contributed by atoms with Gasteiger partial charge in [0.15, 0.2) is 0 Å². The summed E-state index contributed by atoms with van der Waals surface area (Å²) < 4.78 is 51.6. The van der Waals surface area contributed by atoms with E-state index < -0.39 is 23.6 Å². The van der Waals surface area contributed by atoms with E-state index in [0.29, 0.717) is 16.7 Å². The average Bonchev–Trinajstić information content (AvgIpc) is 2.38. The summed E-state index contributed by atoms with van der Waals surface area (Å²) in [7, 11) is 0. The Morgan fingerprint density at radius 2 is 1.57 bits per heavy atom. The summed E-state index contributed by atoms with van der Waals surface area (Å²) in [5.74, 6) is -0.777. The molecule has 0 bridgehead atoms. The largest absolute Gasteiger partial charge is 0.416 e. The van der Waals surface area contributed by atoms with Gasteiger partial charge in [-0.2, -0.15) is 13.2 Å². The molecule has 0 heterocycles. The first kappa shape index (κ1) is 17.8. The molecule has 0 unspecified atom stereocenters. The van der Waals surface area contributed by atoms with Crippen LogP contribution in [0.25, 0.3) is 0 Å². The van der Waals surface area contributed by atoms with Crippen LogP contribution in [-0.2, 0) is 6.18 Å². The molecule has 114 valence electrons. The molecule has 0 aromatic heterocycles. The lowest BCUT2D eigenvalue weighted by molar-refractivity contribution is -0.137. The molecule has 0 aliphatic rings. The van der Waals surface area contributed by atoms with Crippen LogP contribution < -0.4 is 5.73 Å². The number of benzene rings is 2. The second kappa shape index (κ2) is 6.64. The summed E-state index contributed by atoms with van der Waals surface area (Å²) in [5, 5.41) is 0.463. The minimum absolute atomic E-state index is 0. The predicted octanol–water partition coefficient (Wildman–Crippen LogP) is 4.97. The van der Waals surface area contributed by atoms with Crippen molar-refractivity contribution in [3.8, 4) is 0 Å². The van der Waals surface area contributed by atoms with Gasteiger partial charge in [-0.1, -0.05) is 23.7 Å². The standard InChI is InChI=1S/C14H10ClF4N.ClH/c15-10-4-1-8(2-5-10)13(20)11-7-9(14(17,18)19)3-6-12(11)16;/h1-7,13H,20H2;1H/t13-;/m0./s1. The molecule has 2 aromatic rings. The molecule has 2 N–H and O–H groups in total. The molecule has 2 aromatic carbocycles. The Kier molecular flexibility index (Phi) is 5.61. The topological polar surface area (TPSA) is 26.0 Å². The van der Waals surface area contributed by atoms with Crippen LogP contribution in [0.5, 0.6) is 0 Å². The number of alkyl halides is 3. The highest BCUT2D eigenvalue weighted by atomic mass is 35.5. The van der Waals surface area contributed by atoms with Crippen molar-refractivity contribution >= 4 is 24.0 Å². The molecule has 0 saturated carbocycles. The normalized spacial score (nSPS) is 12.7. The molecule has 0 aliphatic heterocycles. The summed E-state index contributed by atoms with van der Waals surface area (Å²) >= 11 is 5.72. The van der Waals surface area contributed by atoms with Crippen LogP contribution >= 0.6 is 24.0 Å². The minimum Gasteiger partial charge on any atom is -0.320 e. The van der Waals surface area contributed by atoms with E-state index in [2.05, 4.69) is 0 Å². The average molecular weight is 340 g/mol. The van der Waals surface area contributed by atoms with Crippen LogP contribution in [0.2, 0.25) is 5.02 Å². The zero-order valence-corrected chi connectivity index (χ0v) is 12.1. The number of halogens is 6. The van der Waals surface area contributed by atoms with Gasteiger partial charge in [-0.3, -0.25) is 0 Å². The summed E-state index contributed by atoms with van der Waals surface area (Å²) in [6, 6.07) is 7.38. The van der Waals surface area contributed by atoms with E-state index in [-0.39, 0.29) is 18.0 Å². The molecule has 0 saturated heterocycles. The van der Waals surface area contributed by atoms with Crippen LogP contribution in [0.3, 0.4) is 0 Å². The Hall–Kier alpha value is -1.30. The fraction of sp³-hybridized carbons (Fsp3) is 0.143. The second-order valence-corrected chi connectivity index (χ2v) is 4.70. The van der Waals surface area contributed by atoms with Gasteiger partial charge in [0.2, 0.25) is 0 Å². The Labute approximate surface area is 130 Å². The lowest BCUT2D eigenvalue weighted by atomic mass is 9.97. The van der Waals surface area contributed by atoms with Crippen LogP contribution in [0.4, 0.5) is 17.6 Å². The second-order valence-electron chi connectivity index (χ2n) is 4.26. The van der Waals surface area contributed by atoms with E-state index in [0.717, 1.165) is 12.1 Å². The minimum atomic E-state index is -4.54. The first-order valence-electron chi connectivity index (χ1n) is 5.66. The highest BCUT2D eigenvalue weighted by Gasteiger charge is 2.31. The van der Waals surface area contributed by atoms with Crippen molar-refractivity contribution in [2.45, 2.75) is 12.2 Å². The maximum atomic E-state index is 13.7. The van der Waals surface area contributed by atoms with Crippen molar-refractivity contribution in [2.75, 3.05) is 0 Å². The van der Waals surface area contributed by atoms with Gasteiger partial charge >= 0.3 is 6.18 Å². The lowest BCUT2D eigenvalue weighted by Gasteiger charge is -2.16. The van der Waals surface area contributed by atoms with E-state index in [9.17, 15) is 17.6 Å². The first-order chi connectivity index (χ1) is 9.29. The van der Waals surface area contributed by atoms with Gasteiger partial charge in [0, 0.05) is 10.6 Å². The molecule has 1 atom stereocenters. The molecule has 0 radical (unpaired) electrons. The van der Waals surface area contributed by atoms with Crippen molar-refractivity contribution in [1.29, 1.82) is 0 Å². The van der Waals surface area contributed by atoms with Crippen molar-refractivity contribution in [2.24, 2.45) is 5.73 Å². The predicted molar refractivity (Wildman–Crippen MR) is 76.1 cm³/mol. The van der Waals surface area contributed by atoms with Gasteiger partial charge in [0.05, 0.1) is 11.6 Å². The fourth-order valence-corrected chi connectivity index (χ4v) is 1.93. The maximum Gasteiger partial charge on any atom is 0.416 e. The summed E-state index contributed by atoms with van der Waals surface area (Å²) in [6.45, 7) is 0. The van der Waals surface area contributed by atoms with Crippen LogP contribution in [0, 0.1) is 5.82 Å². The third kappa shape index (κ3) is 4.09. The molecule has 1 nitrogen and oxygen atoms in total. The quantitative estimate of drug-likeness (QED) is 0.768. The SMILES string of the molecule is Cl.N[C@@H](c1ccc(Cl)cc1)c1cc(C(F)(F)F)ccc1F. The highest BCUT2D eigenvalue weighted by Crippen LogP contribution is 2.32. The Morgan fingerprint density at radius 1 is 1.00 bits per heavy atom. The van der Waals surface area contributed by atoms with Crippen molar-refractivity contribution in [3.63, 3.8) is 0 Å². The van der Waals surface area contributed by atoms with E-state index in [1.54, 1.807) is 24.3 Å². The maximum absolute atomic E-state index is 13.7. The van der Waals surface area contributed by atoms with Gasteiger partial charge in [-0.05, 0) is 35.9 Å². The third-order valence-electron chi connectivity index (χ3n) is 2.89. The van der Waals surface area contributed by atoms with E-state index in [1.165, 1.54) is 0 Å². The highest BCUT2D eigenvalue weighted by molar-refractivity contribution is 6.30. The number of nitrogens with two attached hydrogens (primary N) is 1. The van der Waals surface area contributed by atoms with Crippen LogP contribution in [0.15, 0.2) is 42.5 Å². The number of hydrogen-bond acceptors (Lipinski definition) is 1. The van der Waals surface area contributed by atoms with Crippen molar-refractivity contribution < 1.29 is 17.6 Å². The molecular formula is C14H11Cl2F4N. The van der Waals surface area contributed by atoms with E-state index in [1.807, 2.05) is 0 Å². The van der Waals surface area contributed by atoms with Crippen LogP contribution in [0.1, 0.15) is 22.7 Å². The zero-order chi connectivity index (χ0) is 14.9. The Balaban J connectivity index is 0.00000220. The number of rotatable bonds is 2. The molecule has 2 rings (SSSR count).